The molecule has 35 heavy (non-hydrogen) atoms. The summed E-state index contributed by atoms with van der Waals surface area (Å²) in [5.74, 6) is -1.29. The van der Waals surface area contributed by atoms with Gasteiger partial charge in [0.2, 0.25) is 5.91 Å². The van der Waals surface area contributed by atoms with Crippen molar-refractivity contribution in [3.8, 4) is 0 Å². The molecule has 0 spiro atoms. The van der Waals surface area contributed by atoms with Crippen LogP contribution in [0.3, 0.4) is 0 Å². The molecule has 1 aromatic carbocycles. The average Bonchev–Trinajstić information content (AvgIpc) is 3.23. The number of carbonyl (C=O) groups excluding carboxylic acids is 2. The first-order valence-corrected chi connectivity index (χ1v) is 12.5. The van der Waals surface area contributed by atoms with Crippen molar-refractivity contribution in [3.05, 3.63) is 65.9 Å². The van der Waals surface area contributed by atoms with E-state index in [-0.39, 0.29) is 24.8 Å². The quantitative estimate of drug-likeness (QED) is 0.245. The number of aliphatic carboxylic acids is 1. The molecule has 3 amide bonds. The summed E-state index contributed by atoms with van der Waals surface area (Å²) in [6.07, 6.45) is 12.8. The highest BCUT2D eigenvalue weighted by Gasteiger charge is 2.30. The molecule has 1 aliphatic heterocycles. The van der Waals surface area contributed by atoms with Gasteiger partial charge in [-0.1, -0.05) is 63.5 Å². The number of allylic oxidation sites excluding steroid dienone is 5. The zero-order chi connectivity index (χ0) is 25.6. The first-order chi connectivity index (χ1) is 16.8. The van der Waals surface area contributed by atoms with Crippen LogP contribution in [0, 0.1) is 0 Å². The third-order valence-electron chi connectivity index (χ3n) is 6.03. The molecule has 7 heteroatoms. The SMILES string of the molecule is C=C/C=C(\C=C(/C)N1CCN(c2ccc(CNC(=O)CCC(=O)O)cc2)C1=O)CCCCCCC. The van der Waals surface area contributed by atoms with E-state index in [0.717, 1.165) is 29.8 Å². The van der Waals surface area contributed by atoms with Crippen LogP contribution in [-0.4, -0.2) is 41.0 Å². The smallest absolute Gasteiger partial charge is 0.328 e. The molecule has 7 nitrogen and oxygen atoms in total. The fourth-order valence-corrected chi connectivity index (χ4v) is 4.04. The number of benzene rings is 1. The molecule has 0 unspecified atom stereocenters. The van der Waals surface area contributed by atoms with Crippen molar-refractivity contribution in [3.63, 3.8) is 0 Å². The number of hydrogen-bond acceptors (Lipinski definition) is 3. The average molecular weight is 482 g/mol. The van der Waals surface area contributed by atoms with Crippen LogP contribution in [0.1, 0.15) is 70.8 Å². The minimum atomic E-state index is -0.991. The van der Waals surface area contributed by atoms with Gasteiger partial charge in [-0.05, 0) is 49.1 Å². The third-order valence-corrected chi connectivity index (χ3v) is 6.03. The summed E-state index contributed by atoms with van der Waals surface area (Å²) in [7, 11) is 0. The van der Waals surface area contributed by atoms with Gasteiger partial charge in [0.1, 0.15) is 0 Å². The second-order valence-electron chi connectivity index (χ2n) is 8.85. The van der Waals surface area contributed by atoms with Gasteiger partial charge in [0.15, 0.2) is 0 Å². The van der Waals surface area contributed by atoms with Crippen LogP contribution >= 0.6 is 0 Å². The topological polar surface area (TPSA) is 89.9 Å². The number of anilines is 1. The number of hydrogen-bond donors (Lipinski definition) is 2. The monoisotopic (exact) mass is 481 g/mol. The van der Waals surface area contributed by atoms with Crippen LogP contribution in [-0.2, 0) is 16.1 Å². The largest absolute Gasteiger partial charge is 0.481 e. The van der Waals surface area contributed by atoms with Crippen molar-refractivity contribution >= 4 is 23.6 Å². The van der Waals surface area contributed by atoms with E-state index < -0.39 is 5.97 Å². The predicted molar refractivity (Wildman–Crippen MR) is 140 cm³/mol. The normalized spacial score (nSPS) is 14.4. The summed E-state index contributed by atoms with van der Waals surface area (Å²) in [4.78, 5) is 39.0. The Balaban J connectivity index is 1.93. The highest BCUT2D eigenvalue weighted by Crippen LogP contribution is 2.24. The van der Waals surface area contributed by atoms with E-state index in [2.05, 4.69) is 24.9 Å². The first kappa shape index (κ1) is 27.9. The zero-order valence-corrected chi connectivity index (χ0v) is 21.1. The summed E-state index contributed by atoms with van der Waals surface area (Å²) in [5, 5.41) is 11.4. The number of carboxylic acids is 1. The molecule has 0 aliphatic carbocycles. The minimum absolute atomic E-state index is 0.0407. The Bertz CT molecular complexity index is 934. The fraction of sp³-hybridized carbons (Fsp3) is 0.464. The number of rotatable bonds is 15. The predicted octanol–water partition coefficient (Wildman–Crippen LogP) is 5.79. The molecular formula is C28H39N3O4. The van der Waals surface area contributed by atoms with Gasteiger partial charge in [-0.25, -0.2) is 4.79 Å². The van der Waals surface area contributed by atoms with E-state index in [1.165, 1.54) is 31.3 Å². The number of unbranched alkanes of at least 4 members (excludes halogenated alkanes) is 4. The first-order valence-electron chi connectivity index (χ1n) is 12.5. The molecule has 0 saturated carbocycles. The van der Waals surface area contributed by atoms with Gasteiger partial charge < -0.3 is 10.4 Å². The van der Waals surface area contributed by atoms with Crippen LogP contribution in [0.4, 0.5) is 10.5 Å². The third kappa shape index (κ3) is 9.43. The van der Waals surface area contributed by atoms with Crippen molar-refractivity contribution in [2.45, 2.75) is 71.8 Å². The molecule has 0 radical (unpaired) electrons. The van der Waals surface area contributed by atoms with Crippen molar-refractivity contribution in [1.82, 2.24) is 10.2 Å². The van der Waals surface area contributed by atoms with Crippen LogP contribution in [0.25, 0.3) is 0 Å². The molecule has 0 bridgehead atoms. The lowest BCUT2D eigenvalue weighted by molar-refractivity contribution is -0.138. The van der Waals surface area contributed by atoms with Gasteiger partial charge in [-0.15, -0.1) is 0 Å². The molecule has 1 saturated heterocycles. The van der Waals surface area contributed by atoms with Gasteiger partial charge >= 0.3 is 12.0 Å². The fourth-order valence-electron chi connectivity index (χ4n) is 4.04. The molecule has 1 fully saturated rings. The van der Waals surface area contributed by atoms with Gasteiger partial charge in [0.05, 0.1) is 6.42 Å². The molecule has 0 aromatic heterocycles. The lowest BCUT2D eigenvalue weighted by atomic mass is 10.0. The summed E-state index contributed by atoms with van der Waals surface area (Å²) in [5.41, 5.74) is 3.81. The van der Waals surface area contributed by atoms with Crippen molar-refractivity contribution in [2.75, 3.05) is 18.0 Å². The maximum Gasteiger partial charge on any atom is 0.328 e. The summed E-state index contributed by atoms with van der Waals surface area (Å²) in [6, 6.07) is 7.44. The Morgan fingerprint density at radius 1 is 1.06 bits per heavy atom. The zero-order valence-electron chi connectivity index (χ0n) is 21.1. The Labute approximate surface area is 209 Å². The highest BCUT2D eigenvalue weighted by atomic mass is 16.4. The molecule has 1 aliphatic rings. The standard InChI is InChI=1S/C28H39N3O4/c1-4-6-7-8-9-11-23(10-5-2)20-22(3)30-18-19-31(28(30)35)25-14-12-24(13-15-25)21-29-26(32)16-17-27(33)34/h5,10,12-15,20H,2,4,6-9,11,16-19,21H2,1,3H3,(H,29,32)(H,33,34)/b22-20+,23-10-. The van der Waals surface area contributed by atoms with Crippen molar-refractivity contribution in [2.24, 2.45) is 0 Å². The van der Waals surface area contributed by atoms with Crippen LogP contribution < -0.4 is 10.2 Å². The molecule has 1 heterocycles. The maximum atomic E-state index is 13.1. The Morgan fingerprint density at radius 2 is 1.77 bits per heavy atom. The van der Waals surface area contributed by atoms with Crippen molar-refractivity contribution < 1.29 is 19.5 Å². The van der Waals surface area contributed by atoms with Crippen LogP contribution in [0.2, 0.25) is 0 Å². The Morgan fingerprint density at radius 3 is 2.43 bits per heavy atom. The molecule has 1 aromatic rings. The van der Waals surface area contributed by atoms with Crippen LogP contribution in [0.5, 0.6) is 0 Å². The van der Waals surface area contributed by atoms with Gasteiger partial charge in [-0.2, -0.15) is 0 Å². The second kappa shape index (κ2) is 14.8. The number of amides is 3. The number of nitrogens with one attached hydrogen (secondary N) is 1. The second-order valence-corrected chi connectivity index (χ2v) is 8.85. The molecule has 190 valence electrons. The van der Waals surface area contributed by atoms with E-state index in [9.17, 15) is 14.4 Å². The van der Waals surface area contributed by atoms with E-state index in [0.29, 0.717) is 19.6 Å². The number of carboxylic acid groups (broad SMARTS) is 1. The molecule has 2 rings (SSSR count). The van der Waals surface area contributed by atoms with Gasteiger partial charge in [-0.3, -0.25) is 19.4 Å². The van der Waals surface area contributed by atoms with Crippen LogP contribution in [0.15, 0.2) is 60.3 Å². The van der Waals surface area contributed by atoms with Gasteiger partial charge in [0.25, 0.3) is 0 Å². The summed E-state index contributed by atoms with van der Waals surface area (Å²) >= 11 is 0. The van der Waals surface area contributed by atoms with E-state index in [1.807, 2.05) is 42.2 Å². The molecule has 0 atom stereocenters. The number of nitrogens with zero attached hydrogens (tertiary/aromatic N) is 2. The number of urea groups is 1. The minimum Gasteiger partial charge on any atom is -0.481 e. The lowest BCUT2D eigenvalue weighted by Gasteiger charge is -2.20. The lowest BCUT2D eigenvalue weighted by Crippen LogP contribution is -2.30. The molecule has 2 N–H and O–H groups in total. The van der Waals surface area contributed by atoms with E-state index in [4.69, 9.17) is 5.11 Å². The summed E-state index contributed by atoms with van der Waals surface area (Å²) in [6.45, 7) is 9.57. The number of carbonyl (C=O) groups is 3. The molecular weight excluding hydrogens is 442 g/mol. The van der Waals surface area contributed by atoms with Crippen molar-refractivity contribution in [1.29, 1.82) is 0 Å². The highest BCUT2D eigenvalue weighted by molar-refractivity contribution is 5.95. The Kier molecular flexibility index (Phi) is 11.8. The van der Waals surface area contributed by atoms with Gasteiger partial charge in [0, 0.05) is 37.4 Å². The van der Waals surface area contributed by atoms with E-state index in [1.54, 1.807) is 11.0 Å². The Hall–Kier alpha value is -3.35. The van der Waals surface area contributed by atoms with E-state index >= 15 is 0 Å². The maximum absolute atomic E-state index is 13.1. The summed E-state index contributed by atoms with van der Waals surface area (Å²) < 4.78 is 0.